The standard InChI is InChI=1S/C21H27F4N5O/c1-13(2)30-19(8-18(28-30)15-10-26-20(27-11-15)21(23,24)25)14-3-4-16(7-14)29-5-6-31-17(9-22)12-29/h8,10-11,13-14,16-17H,3-7,9,12H2,1-2H3/t14-,16+,17-/m0/s1. The molecule has 0 amide bonds. The van der Waals surface area contributed by atoms with E-state index in [1.54, 1.807) is 0 Å². The third-order valence-electron chi connectivity index (χ3n) is 6.14. The largest absolute Gasteiger partial charge is 0.451 e. The van der Waals surface area contributed by atoms with Gasteiger partial charge in [-0.3, -0.25) is 9.58 Å². The summed E-state index contributed by atoms with van der Waals surface area (Å²) in [5.74, 6) is -0.869. The molecule has 2 aliphatic rings. The van der Waals surface area contributed by atoms with Gasteiger partial charge in [0.1, 0.15) is 6.67 Å². The van der Waals surface area contributed by atoms with Gasteiger partial charge in [-0.2, -0.15) is 18.3 Å². The van der Waals surface area contributed by atoms with Crippen molar-refractivity contribution in [1.29, 1.82) is 0 Å². The van der Waals surface area contributed by atoms with Crippen molar-refractivity contribution in [2.45, 2.75) is 63.4 Å². The molecule has 4 rings (SSSR count). The van der Waals surface area contributed by atoms with Crippen LogP contribution in [0.4, 0.5) is 17.6 Å². The summed E-state index contributed by atoms with van der Waals surface area (Å²) in [7, 11) is 0. The molecular weight excluding hydrogens is 414 g/mol. The smallest absolute Gasteiger partial charge is 0.373 e. The number of aromatic nitrogens is 4. The zero-order valence-corrected chi connectivity index (χ0v) is 17.6. The molecule has 0 aromatic carbocycles. The highest BCUT2D eigenvalue weighted by molar-refractivity contribution is 5.57. The fourth-order valence-corrected chi connectivity index (χ4v) is 4.60. The summed E-state index contributed by atoms with van der Waals surface area (Å²) in [4.78, 5) is 9.25. The summed E-state index contributed by atoms with van der Waals surface area (Å²) in [6, 6.07) is 2.43. The minimum Gasteiger partial charge on any atom is -0.373 e. The van der Waals surface area contributed by atoms with Gasteiger partial charge < -0.3 is 4.74 Å². The summed E-state index contributed by atoms with van der Waals surface area (Å²) in [5, 5.41) is 4.65. The molecule has 10 heteroatoms. The lowest BCUT2D eigenvalue weighted by molar-refractivity contribution is -0.144. The fourth-order valence-electron chi connectivity index (χ4n) is 4.60. The van der Waals surface area contributed by atoms with Crippen LogP contribution in [0.1, 0.15) is 56.6 Å². The average Bonchev–Trinajstić information content (AvgIpc) is 3.41. The number of nitrogens with zero attached hydrogens (tertiary/aromatic N) is 5. The Labute approximate surface area is 178 Å². The van der Waals surface area contributed by atoms with Crippen LogP contribution in [0.3, 0.4) is 0 Å². The van der Waals surface area contributed by atoms with Crippen LogP contribution in [0.5, 0.6) is 0 Å². The van der Waals surface area contributed by atoms with Gasteiger partial charge in [0.25, 0.3) is 0 Å². The van der Waals surface area contributed by atoms with Crippen LogP contribution < -0.4 is 0 Å². The van der Waals surface area contributed by atoms with E-state index < -0.39 is 18.7 Å². The Bertz CT molecular complexity index is 883. The molecule has 1 aliphatic heterocycles. The van der Waals surface area contributed by atoms with E-state index in [1.165, 1.54) is 12.4 Å². The first kappa shape index (κ1) is 22.1. The predicted molar refractivity (Wildman–Crippen MR) is 106 cm³/mol. The lowest BCUT2D eigenvalue weighted by Gasteiger charge is -2.36. The molecule has 1 saturated carbocycles. The summed E-state index contributed by atoms with van der Waals surface area (Å²) in [6.45, 7) is 5.58. The highest BCUT2D eigenvalue weighted by atomic mass is 19.4. The number of rotatable bonds is 5. The zero-order chi connectivity index (χ0) is 22.2. The Morgan fingerprint density at radius 3 is 2.58 bits per heavy atom. The van der Waals surface area contributed by atoms with E-state index in [2.05, 4.69) is 20.0 Å². The number of alkyl halides is 4. The summed E-state index contributed by atoms with van der Waals surface area (Å²) in [6.07, 6.45) is 0.389. The molecule has 3 heterocycles. The molecule has 3 atom stereocenters. The number of ether oxygens (including phenoxy) is 1. The quantitative estimate of drug-likeness (QED) is 0.650. The van der Waals surface area contributed by atoms with Gasteiger partial charge in [-0.05, 0) is 39.2 Å². The van der Waals surface area contributed by atoms with Gasteiger partial charge >= 0.3 is 6.18 Å². The first-order valence-electron chi connectivity index (χ1n) is 10.7. The molecule has 0 bridgehead atoms. The van der Waals surface area contributed by atoms with Crippen molar-refractivity contribution in [3.05, 3.63) is 30.0 Å². The Morgan fingerprint density at radius 2 is 1.94 bits per heavy atom. The van der Waals surface area contributed by atoms with Crippen LogP contribution in [-0.4, -0.2) is 63.2 Å². The average molecular weight is 441 g/mol. The molecule has 0 unspecified atom stereocenters. The van der Waals surface area contributed by atoms with Crippen LogP contribution in [0.2, 0.25) is 0 Å². The third-order valence-corrected chi connectivity index (χ3v) is 6.14. The zero-order valence-electron chi connectivity index (χ0n) is 17.6. The van der Waals surface area contributed by atoms with E-state index in [9.17, 15) is 17.6 Å². The molecule has 2 fully saturated rings. The van der Waals surface area contributed by atoms with Crippen LogP contribution >= 0.6 is 0 Å². The van der Waals surface area contributed by atoms with Gasteiger partial charge in [0.15, 0.2) is 0 Å². The monoisotopic (exact) mass is 441 g/mol. The van der Waals surface area contributed by atoms with E-state index >= 15 is 0 Å². The van der Waals surface area contributed by atoms with Crippen LogP contribution in [0, 0.1) is 0 Å². The second kappa shape index (κ2) is 8.82. The SMILES string of the molecule is CC(C)n1nc(-c2cnc(C(F)(F)F)nc2)cc1[C@H]1CC[C@@H](N2CCO[C@@H](CF)C2)C1. The van der Waals surface area contributed by atoms with E-state index in [0.29, 0.717) is 30.5 Å². The highest BCUT2D eigenvalue weighted by Gasteiger charge is 2.36. The van der Waals surface area contributed by atoms with E-state index in [1.807, 2.05) is 24.6 Å². The molecule has 1 aliphatic carbocycles. The Kier molecular flexibility index (Phi) is 6.30. The molecule has 0 radical (unpaired) electrons. The molecule has 0 spiro atoms. The minimum absolute atomic E-state index is 0.109. The maximum atomic E-state index is 13.0. The molecule has 170 valence electrons. The van der Waals surface area contributed by atoms with Gasteiger partial charge in [-0.15, -0.1) is 0 Å². The second-order valence-corrected chi connectivity index (χ2v) is 8.59. The molecule has 1 saturated heterocycles. The topological polar surface area (TPSA) is 56.1 Å². The molecule has 2 aromatic rings. The first-order valence-corrected chi connectivity index (χ1v) is 10.7. The van der Waals surface area contributed by atoms with Gasteiger partial charge in [0, 0.05) is 54.7 Å². The minimum atomic E-state index is -4.57. The molecular formula is C21H27F4N5O. The summed E-state index contributed by atoms with van der Waals surface area (Å²) >= 11 is 0. The molecule has 2 aromatic heterocycles. The van der Waals surface area contributed by atoms with E-state index in [0.717, 1.165) is 31.5 Å². The number of halogens is 4. The van der Waals surface area contributed by atoms with Crippen molar-refractivity contribution >= 4 is 0 Å². The van der Waals surface area contributed by atoms with Crippen LogP contribution in [0.15, 0.2) is 18.5 Å². The maximum absolute atomic E-state index is 13.0. The van der Waals surface area contributed by atoms with Crippen molar-refractivity contribution < 1.29 is 22.3 Å². The number of hydrogen-bond donors (Lipinski definition) is 0. The third kappa shape index (κ3) is 4.74. The maximum Gasteiger partial charge on any atom is 0.451 e. The first-order chi connectivity index (χ1) is 14.8. The normalized spacial score (nSPS) is 25.5. The van der Waals surface area contributed by atoms with Crippen molar-refractivity contribution in [2.24, 2.45) is 0 Å². The molecule has 0 N–H and O–H groups in total. The fraction of sp³-hybridized carbons (Fsp3) is 0.667. The van der Waals surface area contributed by atoms with Crippen molar-refractivity contribution in [2.75, 3.05) is 26.4 Å². The lowest BCUT2D eigenvalue weighted by Crippen LogP contribution is -2.47. The van der Waals surface area contributed by atoms with Gasteiger partial charge in [-0.25, -0.2) is 14.4 Å². The molecule has 6 nitrogen and oxygen atoms in total. The van der Waals surface area contributed by atoms with Crippen LogP contribution in [0.25, 0.3) is 11.3 Å². The van der Waals surface area contributed by atoms with Crippen LogP contribution in [-0.2, 0) is 10.9 Å². The van der Waals surface area contributed by atoms with Crippen molar-refractivity contribution in [3.8, 4) is 11.3 Å². The van der Waals surface area contributed by atoms with E-state index in [-0.39, 0.29) is 18.1 Å². The summed E-state index contributed by atoms with van der Waals surface area (Å²) < 4.78 is 58.7. The number of hydrogen-bond acceptors (Lipinski definition) is 5. The Hall–Kier alpha value is -2.07. The highest BCUT2D eigenvalue weighted by Crippen LogP contribution is 2.39. The second-order valence-electron chi connectivity index (χ2n) is 8.59. The number of morpholine rings is 1. The van der Waals surface area contributed by atoms with E-state index in [4.69, 9.17) is 4.74 Å². The Morgan fingerprint density at radius 1 is 1.19 bits per heavy atom. The Balaban J connectivity index is 1.53. The van der Waals surface area contributed by atoms with Gasteiger partial charge in [0.2, 0.25) is 5.82 Å². The van der Waals surface area contributed by atoms with Gasteiger partial charge in [0.05, 0.1) is 18.4 Å². The molecule has 31 heavy (non-hydrogen) atoms. The van der Waals surface area contributed by atoms with Crippen molar-refractivity contribution in [3.63, 3.8) is 0 Å². The summed E-state index contributed by atoms with van der Waals surface area (Å²) in [5.41, 5.74) is 2.11. The predicted octanol–water partition coefficient (Wildman–Crippen LogP) is 4.25. The van der Waals surface area contributed by atoms with Crippen molar-refractivity contribution in [1.82, 2.24) is 24.6 Å². The lowest BCUT2D eigenvalue weighted by atomic mass is 10.0. The van der Waals surface area contributed by atoms with Gasteiger partial charge in [-0.1, -0.05) is 0 Å².